The van der Waals surface area contributed by atoms with Crippen LogP contribution in [0.2, 0.25) is 0 Å². The van der Waals surface area contributed by atoms with Crippen LogP contribution in [-0.2, 0) is 0 Å². The molecule has 0 fully saturated rings. The molecule has 0 amide bonds. The van der Waals surface area contributed by atoms with Crippen molar-refractivity contribution < 1.29 is 4.74 Å². The number of rotatable bonds is 6. The fraction of sp³-hybridized carbons (Fsp3) is 0.130. The predicted octanol–water partition coefficient (Wildman–Crippen LogP) is 6.28. The maximum atomic E-state index is 6.16. The van der Waals surface area contributed by atoms with Crippen molar-refractivity contribution in [2.75, 3.05) is 13.0 Å². The molecule has 25 heavy (non-hydrogen) atoms. The molecular weight excluding hydrogens is 328 g/mol. The van der Waals surface area contributed by atoms with Gasteiger partial charge in [0.15, 0.2) is 0 Å². The molecule has 0 radical (unpaired) electrons. The quantitative estimate of drug-likeness (QED) is 0.376. The molecule has 0 heterocycles. The molecule has 0 saturated carbocycles. The van der Waals surface area contributed by atoms with Crippen molar-refractivity contribution in [3.05, 3.63) is 102 Å². The fourth-order valence-corrected chi connectivity index (χ4v) is 3.21. The maximum Gasteiger partial charge on any atom is 0.118 e. The van der Waals surface area contributed by atoms with E-state index < -0.39 is 0 Å². The molecule has 1 nitrogen and oxygen atoms in total. The highest BCUT2D eigenvalue weighted by molar-refractivity contribution is 6.18. The lowest BCUT2D eigenvalue weighted by molar-refractivity contribution is 0.415. The van der Waals surface area contributed by atoms with Crippen LogP contribution in [0.25, 0.3) is 11.1 Å². The highest BCUT2D eigenvalue weighted by Gasteiger charge is 2.13. The van der Waals surface area contributed by atoms with Gasteiger partial charge in [0.2, 0.25) is 0 Å². The number of ether oxygens (including phenoxy) is 1. The van der Waals surface area contributed by atoms with Gasteiger partial charge in [-0.3, -0.25) is 0 Å². The van der Waals surface area contributed by atoms with E-state index in [9.17, 15) is 0 Å². The predicted molar refractivity (Wildman–Crippen MR) is 107 cm³/mol. The zero-order valence-electron chi connectivity index (χ0n) is 14.3. The smallest absolute Gasteiger partial charge is 0.118 e. The van der Waals surface area contributed by atoms with Crippen LogP contribution in [-0.4, -0.2) is 13.0 Å². The minimum absolute atomic E-state index is 0.580. The van der Waals surface area contributed by atoms with E-state index in [0.717, 1.165) is 17.7 Å². The number of hydrogen-bond donors (Lipinski definition) is 0. The molecule has 3 aromatic rings. The van der Waals surface area contributed by atoms with Crippen molar-refractivity contribution in [1.82, 2.24) is 0 Å². The zero-order valence-corrected chi connectivity index (χ0v) is 15.0. The Morgan fingerprint density at radius 2 is 1.24 bits per heavy atom. The van der Waals surface area contributed by atoms with E-state index in [1.807, 2.05) is 24.3 Å². The zero-order chi connectivity index (χ0) is 17.5. The number of benzene rings is 3. The molecule has 0 spiro atoms. The molecule has 0 N–H and O–H groups in total. The Morgan fingerprint density at radius 3 is 1.76 bits per heavy atom. The number of allylic oxidation sites excluding steroid dienone is 1. The second kappa shape index (κ2) is 8.55. The molecule has 0 atom stereocenters. The molecule has 0 aliphatic carbocycles. The van der Waals surface area contributed by atoms with Gasteiger partial charge < -0.3 is 4.74 Å². The lowest BCUT2D eigenvalue weighted by atomic mass is 9.88. The fourth-order valence-electron chi connectivity index (χ4n) is 3.03. The monoisotopic (exact) mass is 348 g/mol. The summed E-state index contributed by atoms with van der Waals surface area (Å²) < 4.78 is 5.31. The van der Waals surface area contributed by atoms with E-state index in [2.05, 4.69) is 60.7 Å². The van der Waals surface area contributed by atoms with Crippen LogP contribution in [0.1, 0.15) is 23.1 Å². The van der Waals surface area contributed by atoms with Crippen LogP contribution < -0.4 is 4.74 Å². The molecule has 0 bridgehead atoms. The molecule has 3 aromatic carbocycles. The minimum Gasteiger partial charge on any atom is -0.497 e. The third kappa shape index (κ3) is 4.12. The molecule has 0 aliphatic rings. The van der Waals surface area contributed by atoms with E-state index in [-0.39, 0.29) is 0 Å². The van der Waals surface area contributed by atoms with E-state index in [1.54, 1.807) is 7.11 Å². The average molecular weight is 349 g/mol. The topological polar surface area (TPSA) is 9.23 Å². The van der Waals surface area contributed by atoms with Gasteiger partial charge in [-0.2, -0.15) is 0 Å². The Hall–Kier alpha value is -2.51. The Morgan fingerprint density at radius 1 is 0.720 bits per heavy atom. The second-order valence-electron chi connectivity index (χ2n) is 5.75. The van der Waals surface area contributed by atoms with Crippen LogP contribution in [0.15, 0.2) is 84.9 Å². The van der Waals surface area contributed by atoms with Crippen molar-refractivity contribution >= 4 is 22.7 Å². The summed E-state index contributed by atoms with van der Waals surface area (Å²) in [5.41, 5.74) is 6.03. The van der Waals surface area contributed by atoms with Crippen LogP contribution in [0, 0.1) is 0 Å². The summed E-state index contributed by atoms with van der Waals surface area (Å²) in [5.74, 6) is 1.44. The molecule has 126 valence electrons. The minimum atomic E-state index is 0.580. The Labute approximate surface area is 154 Å². The summed E-state index contributed by atoms with van der Waals surface area (Å²) in [6.07, 6.45) is 0.807. The summed E-state index contributed by atoms with van der Waals surface area (Å²) in [4.78, 5) is 0. The number of alkyl halides is 1. The maximum absolute atomic E-state index is 6.16. The standard InChI is InChI=1S/C23H21ClO/c1-25-21-14-12-20(13-15-21)23(19-10-6-3-7-11-19)22(16-17-24)18-8-4-2-5-9-18/h2-15H,16-17H2,1H3. The number of methoxy groups -OCH3 is 1. The van der Waals surface area contributed by atoms with Crippen molar-refractivity contribution in [1.29, 1.82) is 0 Å². The normalized spacial score (nSPS) is 11.8. The molecule has 0 saturated heterocycles. The van der Waals surface area contributed by atoms with Gasteiger partial charge in [0, 0.05) is 5.88 Å². The van der Waals surface area contributed by atoms with Crippen molar-refractivity contribution in [2.24, 2.45) is 0 Å². The van der Waals surface area contributed by atoms with Gasteiger partial charge in [0.25, 0.3) is 0 Å². The van der Waals surface area contributed by atoms with E-state index in [1.165, 1.54) is 22.3 Å². The van der Waals surface area contributed by atoms with Crippen molar-refractivity contribution in [3.63, 3.8) is 0 Å². The van der Waals surface area contributed by atoms with Gasteiger partial charge in [-0.1, -0.05) is 72.8 Å². The van der Waals surface area contributed by atoms with Crippen LogP contribution in [0.3, 0.4) is 0 Å². The third-order valence-electron chi connectivity index (χ3n) is 4.21. The molecule has 0 aromatic heterocycles. The van der Waals surface area contributed by atoms with Gasteiger partial charge in [0.1, 0.15) is 5.75 Å². The van der Waals surface area contributed by atoms with Crippen LogP contribution >= 0.6 is 11.6 Å². The van der Waals surface area contributed by atoms with Gasteiger partial charge >= 0.3 is 0 Å². The van der Waals surface area contributed by atoms with Crippen LogP contribution in [0.5, 0.6) is 5.75 Å². The van der Waals surface area contributed by atoms with Gasteiger partial charge in [-0.25, -0.2) is 0 Å². The molecular formula is C23H21ClO. The van der Waals surface area contributed by atoms with Gasteiger partial charge in [-0.05, 0) is 46.4 Å². The molecule has 2 heteroatoms. The lowest BCUT2D eigenvalue weighted by Gasteiger charge is -2.17. The van der Waals surface area contributed by atoms with E-state index in [0.29, 0.717) is 5.88 Å². The largest absolute Gasteiger partial charge is 0.497 e. The van der Waals surface area contributed by atoms with E-state index >= 15 is 0 Å². The number of halogens is 1. The highest BCUT2D eigenvalue weighted by atomic mass is 35.5. The van der Waals surface area contributed by atoms with Crippen molar-refractivity contribution in [2.45, 2.75) is 6.42 Å². The third-order valence-corrected chi connectivity index (χ3v) is 4.40. The summed E-state index contributed by atoms with van der Waals surface area (Å²) in [7, 11) is 1.69. The van der Waals surface area contributed by atoms with Crippen LogP contribution in [0.4, 0.5) is 0 Å². The summed E-state index contributed by atoms with van der Waals surface area (Å²) in [6, 6.07) is 29.2. The van der Waals surface area contributed by atoms with Gasteiger partial charge in [-0.15, -0.1) is 11.6 Å². The Kier molecular flexibility index (Phi) is 5.92. The molecule has 0 aliphatic heterocycles. The SMILES string of the molecule is COc1ccc(C(=C(CCCl)c2ccccc2)c2ccccc2)cc1. The summed E-state index contributed by atoms with van der Waals surface area (Å²) >= 11 is 6.16. The Balaban J connectivity index is 2.23. The second-order valence-corrected chi connectivity index (χ2v) is 6.13. The summed E-state index contributed by atoms with van der Waals surface area (Å²) in [5, 5.41) is 0. The van der Waals surface area contributed by atoms with Crippen molar-refractivity contribution in [3.8, 4) is 5.75 Å². The summed E-state index contributed by atoms with van der Waals surface area (Å²) in [6.45, 7) is 0. The number of hydrogen-bond acceptors (Lipinski definition) is 1. The van der Waals surface area contributed by atoms with Gasteiger partial charge in [0.05, 0.1) is 7.11 Å². The lowest BCUT2D eigenvalue weighted by Crippen LogP contribution is -1.96. The van der Waals surface area contributed by atoms with E-state index in [4.69, 9.17) is 16.3 Å². The Bertz CT molecular complexity index is 821. The first-order valence-electron chi connectivity index (χ1n) is 8.38. The molecule has 0 unspecified atom stereocenters. The first-order valence-corrected chi connectivity index (χ1v) is 8.91. The highest BCUT2D eigenvalue weighted by Crippen LogP contribution is 2.35. The average Bonchev–Trinajstić information content (AvgIpc) is 2.69. The first-order chi connectivity index (χ1) is 12.3. The first kappa shape index (κ1) is 17.3. The molecule has 3 rings (SSSR count).